The number of nitrogens with zero attached hydrogens (tertiary/aromatic N) is 1. The maximum absolute atomic E-state index is 13.4. The van der Waals surface area contributed by atoms with Crippen LogP contribution in [0.15, 0.2) is 47.4 Å². The molecule has 2 rings (SSSR count). The molecule has 4 nitrogen and oxygen atoms in total. The minimum atomic E-state index is -4.76. The maximum Gasteiger partial charge on any atom is 0.421 e. The van der Waals surface area contributed by atoms with Crippen LogP contribution in [0.3, 0.4) is 0 Å². The SMILES string of the molecule is O=C(Cn1cccc(C(F)(F)F)c1=O)NCCSCc1ccccc1F. The summed E-state index contributed by atoms with van der Waals surface area (Å²) < 4.78 is 52.2. The molecule has 1 heterocycles. The van der Waals surface area contributed by atoms with Crippen molar-refractivity contribution in [1.82, 2.24) is 9.88 Å². The lowest BCUT2D eigenvalue weighted by molar-refractivity contribution is -0.139. The van der Waals surface area contributed by atoms with Gasteiger partial charge in [-0.15, -0.1) is 0 Å². The van der Waals surface area contributed by atoms with Gasteiger partial charge in [0, 0.05) is 24.2 Å². The van der Waals surface area contributed by atoms with Gasteiger partial charge in [0.2, 0.25) is 5.91 Å². The quantitative estimate of drug-likeness (QED) is 0.586. The summed E-state index contributed by atoms with van der Waals surface area (Å²) in [7, 11) is 0. The second-order valence-electron chi connectivity index (χ2n) is 5.35. The van der Waals surface area contributed by atoms with Crippen LogP contribution in [0.4, 0.5) is 17.6 Å². The third-order valence-electron chi connectivity index (χ3n) is 3.42. The monoisotopic (exact) mass is 388 g/mol. The predicted molar refractivity (Wildman–Crippen MR) is 91.3 cm³/mol. The first-order valence-electron chi connectivity index (χ1n) is 7.63. The van der Waals surface area contributed by atoms with Crippen molar-refractivity contribution >= 4 is 17.7 Å². The van der Waals surface area contributed by atoms with Crippen molar-refractivity contribution in [1.29, 1.82) is 0 Å². The summed E-state index contributed by atoms with van der Waals surface area (Å²) in [6, 6.07) is 8.11. The number of aromatic nitrogens is 1. The van der Waals surface area contributed by atoms with Gasteiger partial charge in [-0.3, -0.25) is 9.59 Å². The molecule has 0 radical (unpaired) electrons. The highest BCUT2D eigenvalue weighted by atomic mass is 32.2. The van der Waals surface area contributed by atoms with Crippen LogP contribution in [0, 0.1) is 5.82 Å². The highest BCUT2D eigenvalue weighted by Crippen LogP contribution is 2.25. The van der Waals surface area contributed by atoms with Crippen LogP contribution in [0.2, 0.25) is 0 Å². The second kappa shape index (κ2) is 8.88. The van der Waals surface area contributed by atoms with E-state index in [-0.39, 0.29) is 12.4 Å². The topological polar surface area (TPSA) is 51.1 Å². The highest BCUT2D eigenvalue weighted by molar-refractivity contribution is 7.98. The molecule has 0 aliphatic rings. The molecule has 140 valence electrons. The standard InChI is InChI=1S/C17H16F4N2O2S/c18-14-6-2-1-4-12(14)11-26-9-7-22-15(24)10-23-8-3-5-13(16(23)25)17(19,20)21/h1-6,8H,7,9-11H2,(H,22,24). The molecule has 1 aromatic carbocycles. The van der Waals surface area contributed by atoms with E-state index in [9.17, 15) is 27.2 Å². The lowest BCUT2D eigenvalue weighted by Crippen LogP contribution is -2.35. The molecule has 26 heavy (non-hydrogen) atoms. The molecule has 1 N–H and O–H groups in total. The first kappa shape index (κ1) is 20.0. The minimum Gasteiger partial charge on any atom is -0.354 e. The Balaban J connectivity index is 1.79. The summed E-state index contributed by atoms with van der Waals surface area (Å²) in [6.07, 6.45) is -3.63. The molecule has 0 aliphatic carbocycles. The van der Waals surface area contributed by atoms with Gasteiger partial charge in [-0.25, -0.2) is 4.39 Å². The molecular weight excluding hydrogens is 372 g/mol. The van der Waals surface area contributed by atoms with Crippen LogP contribution in [0.1, 0.15) is 11.1 Å². The molecule has 0 atom stereocenters. The summed E-state index contributed by atoms with van der Waals surface area (Å²) in [4.78, 5) is 23.5. The summed E-state index contributed by atoms with van der Waals surface area (Å²) in [6.45, 7) is -0.244. The number of hydrogen-bond acceptors (Lipinski definition) is 3. The molecule has 0 saturated carbocycles. The Morgan fingerprint density at radius 3 is 2.58 bits per heavy atom. The van der Waals surface area contributed by atoms with Crippen molar-refractivity contribution in [2.75, 3.05) is 12.3 Å². The number of hydrogen-bond donors (Lipinski definition) is 1. The summed E-state index contributed by atoms with van der Waals surface area (Å²) in [5.74, 6) is 0.0681. The van der Waals surface area contributed by atoms with E-state index in [0.717, 1.165) is 12.3 Å². The van der Waals surface area contributed by atoms with E-state index in [4.69, 9.17) is 0 Å². The van der Waals surface area contributed by atoms with E-state index in [1.807, 2.05) is 0 Å². The Labute approximate surface area is 151 Å². The molecule has 0 unspecified atom stereocenters. The summed E-state index contributed by atoms with van der Waals surface area (Å²) in [5.41, 5.74) is -2.02. The largest absolute Gasteiger partial charge is 0.421 e. The number of nitrogens with one attached hydrogen (secondary N) is 1. The predicted octanol–water partition coefficient (Wildman–Crippen LogP) is 3.06. The van der Waals surface area contributed by atoms with Crippen molar-refractivity contribution in [3.8, 4) is 0 Å². The van der Waals surface area contributed by atoms with E-state index in [2.05, 4.69) is 5.32 Å². The number of carbonyl (C=O) groups is 1. The number of rotatable bonds is 7. The van der Waals surface area contributed by atoms with Crippen LogP contribution >= 0.6 is 11.8 Å². The van der Waals surface area contributed by atoms with E-state index < -0.39 is 29.8 Å². The van der Waals surface area contributed by atoms with Crippen molar-refractivity contribution in [3.63, 3.8) is 0 Å². The van der Waals surface area contributed by atoms with Crippen LogP contribution in [-0.4, -0.2) is 22.8 Å². The van der Waals surface area contributed by atoms with Crippen LogP contribution in [0.5, 0.6) is 0 Å². The Kier molecular flexibility index (Phi) is 6.84. The fraction of sp³-hybridized carbons (Fsp3) is 0.294. The van der Waals surface area contributed by atoms with E-state index >= 15 is 0 Å². The van der Waals surface area contributed by atoms with Gasteiger partial charge in [0.1, 0.15) is 17.9 Å². The van der Waals surface area contributed by atoms with Gasteiger partial charge >= 0.3 is 6.18 Å². The average molecular weight is 388 g/mol. The Bertz CT molecular complexity index is 821. The maximum atomic E-state index is 13.4. The normalized spacial score (nSPS) is 11.4. The molecular formula is C17H16F4N2O2S. The van der Waals surface area contributed by atoms with Crippen LogP contribution in [-0.2, 0) is 23.3 Å². The van der Waals surface area contributed by atoms with Crippen LogP contribution in [0.25, 0.3) is 0 Å². The third kappa shape index (κ3) is 5.62. The number of benzene rings is 1. The molecule has 9 heteroatoms. The lowest BCUT2D eigenvalue weighted by Gasteiger charge is -2.10. The van der Waals surface area contributed by atoms with Gasteiger partial charge in [-0.05, 0) is 23.8 Å². The van der Waals surface area contributed by atoms with E-state index in [1.54, 1.807) is 18.2 Å². The minimum absolute atomic E-state index is 0.256. The van der Waals surface area contributed by atoms with Crippen molar-refractivity contribution in [2.24, 2.45) is 0 Å². The average Bonchev–Trinajstić information content (AvgIpc) is 2.57. The molecule has 1 aromatic heterocycles. The van der Waals surface area contributed by atoms with Crippen LogP contribution < -0.4 is 10.9 Å². The van der Waals surface area contributed by atoms with Crippen molar-refractivity contribution < 1.29 is 22.4 Å². The zero-order chi connectivity index (χ0) is 19.2. The van der Waals surface area contributed by atoms with E-state index in [1.165, 1.54) is 17.8 Å². The Hall–Kier alpha value is -2.29. The smallest absolute Gasteiger partial charge is 0.354 e. The zero-order valence-corrected chi connectivity index (χ0v) is 14.4. The number of thioether (sulfide) groups is 1. The second-order valence-corrected chi connectivity index (χ2v) is 6.45. The van der Waals surface area contributed by atoms with Gasteiger partial charge in [-0.1, -0.05) is 18.2 Å². The molecule has 2 aromatic rings. The van der Waals surface area contributed by atoms with Crippen molar-refractivity contribution in [2.45, 2.75) is 18.5 Å². The first-order valence-corrected chi connectivity index (χ1v) is 8.79. The fourth-order valence-corrected chi connectivity index (χ4v) is 2.99. The number of halogens is 4. The summed E-state index contributed by atoms with van der Waals surface area (Å²) in [5, 5.41) is 2.52. The number of pyridine rings is 1. The molecule has 0 bridgehead atoms. The first-order chi connectivity index (χ1) is 12.3. The van der Waals surface area contributed by atoms with Gasteiger partial charge in [-0.2, -0.15) is 24.9 Å². The Morgan fingerprint density at radius 1 is 1.15 bits per heavy atom. The number of carbonyl (C=O) groups excluding carboxylic acids is 1. The lowest BCUT2D eigenvalue weighted by atomic mass is 10.2. The number of alkyl halides is 3. The molecule has 0 fully saturated rings. The molecule has 0 saturated heterocycles. The molecule has 1 amide bonds. The highest BCUT2D eigenvalue weighted by Gasteiger charge is 2.34. The zero-order valence-electron chi connectivity index (χ0n) is 13.6. The van der Waals surface area contributed by atoms with Gasteiger partial charge < -0.3 is 9.88 Å². The third-order valence-corrected chi connectivity index (χ3v) is 4.43. The Morgan fingerprint density at radius 2 is 1.88 bits per heavy atom. The molecule has 0 spiro atoms. The van der Waals surface area contributed by atoms with Gasteiger partial charge in [0.25, 0.3) is 5.56 Å². The fourth-order valence-electron chi connectivity index (χ4n) is 2.15. The summed E-state index contributed by atoms with van der Waals surface area (Å²) >= 11 is 1.41. The van der Waals surface area contributed by atoms with Gasteiger partial charge in [0.15, 0.2) is 0 Å². The number of amides is 1. The van der Waals surface area contributed by atoms with E-state index in [0.29, 0.717) is 27.7 Å². The molecule has 0 aliphatic heterocycles. The van der Waals surface area contributed by atoms with Gasteiger partial charge in [0.05, 0.1) is 0 Å². The van der Waals surface area contributed by atoms with Crippen molar-refractivity contribution in [3.05, 3.63) is 69.9 Å².